The van der Waals surface area contributed by atoms with Gasteiger partial charge >= 0.3 is 5.97 Å². The number of para-hydroxylation sites is 1. The predicted octanol–water partition coefficient (Wildman–Crippen LogP) is 2.34. The van der Waals surface area contributed by atoms with Crippen molar-refractivity contribution in [3.8, 4) is 5.69 Å². The molecular weight excluding hydrogens is 318 g/mol. The summed E-state index contributed by atoms with van der Waals surface area (Å²) in [6.45, 7) is 0. The minimum Gasteiger partial charge on any atom is -0.481 e. The Morgan fingerprint density at radius 2 is 1.96 bits per heavy atom. The topological polar surface area (TPSA) is 84.2 Å². The summed E-state index contributed by atoms with van der Waals surface area (Å²) < 4.78 is 1.88. The van der Waals surface area contributed by atoms with Crippen molar-refractivity contribution in [2.45, 2.75) is 44.6 Å². The van der Waals surface area contributed by atoms with Crippen LogP contribution in [-0.4, -0.2) is 32.8 Å². The van der Waals surface area contributed by atoms with Crippen molar-refractivity contribution in [2.75, 3.05) is 0 Å². The fourth-order valence-corrected chi connectivity index (χ4v) is 3.99. The first kappa shape index (κ1) is 15.9. The van der Waals surface area contributed by atoms with Gasteiger partial charge in [0.05, 0.1) is 11.6 Å². The van der Waals surface area contributed by atoms with E-state index in [1.165, 1.54) is 0 Å². The molecule has 6 nitrogen and oxygen atoms in total. The molecule has 4 rings (SSSR count). The second-order valence-corrected chi connectivity index (χ2v) is 6.89. The van der Waals surface area contributed by atoms with Crippen LogP contribution < -0.4 is 5.32 Å². The SMILES string of the molecule is O=C(N[C@@H]1CC[C@H](C(=O)O)C1)c1nn(-c2ccccc2)c2c1CCC2. The van der Waals surface area contributed by atoms with Crippen LogP contribution in [0.5, 0.6) is 0 Å². The summed E-state index contributed by atoms with van der Waals surface area (Å²) in [5, 5.41) is 16.7. The van der Waals surface area contributed by atoms with Gasteiger partial charge in [0.1, 0.15) is 0 Å². The molecule has 0 spiro atoms. The van der Waals surface area contributed by atoms with Crippen molar-refractivity contribution in [3.63, 3.8) is 0 Å². The number of nitrogens with zero attached hydrogens (tertiary/aromatic N) is 2. The van der Waals surface area contributed by atoms with Crippen LogP contribution in [-0.2, 0) is 17.6 Å². The van der Waals surface area contributed by atoms with Crippen LogP contribution in [0.4, 0.5) is 0 Å². The highest BCUT2D eigenvalue weighted by Crippen LogP contribution is 2.29. The Bertz CT molecular complexity index is 813. The van der Waals surface area contributed by atoms with Gasteiger partial charge in [-0.2, -0.15) is 5.10 Å². The molecule has 25 heavy (non-hydrogen) atoms. The summed E-state index contributed by atoms with van der Waals surface area (Å²) in [6, 6.07) is 9.78. The summed E-state index contributed by atoms with van der Waals surface area (Å²) in [4.78, 5) is 23.8. The molecule has 0 saturated heterocycles. The lowest BCUT2D eigenvalue weighted by atomic mass is 10.1. The van der Waals surface area contributed by atoms with E-state index in [1.807, 2.05) is 35.0 Å². The molecule has 2 atom stereocenters. The average molecular weight is 339 g/mol. The summed E-state index contributed by atoms with van der Waals surface area (Å²) in [5.74, 6) is -1.30. The van der Waals surface area contributed by atoms with E-state index >= 15 is 0 Å². The minimum atomic E-state index is -0.772. The number of hydrogen-bond acceptors (Lipinski definition) is 3. The zero-order valence-corrected chi connectivity index (χ0v) is 13.9. The van der Waals surface area contributed by atoms with Crippen LogP contribution in [0.15, 0.2) is 30.3 Å². The van der Waals surface area contributed by atoms with Gasteiger partial charge in [-0.05, 0) is 50.7 Å². The number of aliphatic carboxylic acids is 1. The van der Waals surface area contributed by atoms with Gasteiger partial charge in [0, 0.05) is 17.3 Å². The molecule has 2 aromatic rings. The predicted molar refractivity (Wildman–Crippen MR) is 91.8 cm³/mol. The normalized spacial score (nSPS) is 21.9. The third-order valence-corrected chi connectivity index (χ3v) is 5.26. The zero-order valence-electron chi connectivity index (χ0n) is 13.9. The molecule has 0 aliphatic heterocycles. The molecule has 130 valence electrons. The number of carboxylic acid groups (broad SMARTS) is 1. The van der Waals surface area contributed by atoms with Gasteiger partial charge in [-0.1, -0.05) is 18.2 Å². The fourth-order valence-electron chi connectivity index (χ4n) is 3.99. The lowest BCUT2D eigenvalue weighted by molar-refractivity contribution is -0.141. The highest BCUT2D eigenvalue weighted by molar-refractivity contribution is 5.94. The van der Waals surface area contributed by atoms with Gasteiger partial charge in [-0.15, -0.1) is 0 Å². The summed E-state index contributed by atoms with van der Waals surface area (Å²) in [5.41, 5.74) is 3.61. The molecule has 6 heteroatoms. The quantitative estimate of drug-likeness (QED) is 0.895. The number of fused-ring (bicyclic) bond motifs is 1. The maximum atomic E-state index is 12.7. The summed E-state index contributed by atoms with van der Waals surface area (Å²) in [7, 11) is 0. The Morgan fingerprint density at radius 1 is 1.16 bits per heavy atom. The first-order valence-corrected chi connectivity index (χ1v) is 8.83. The molecule has 0 unspecified atom stereocenters. The van der Waals surface area contributed by atoms with Crippen molar-refractivity contribution >= 4 is 11.9 Å². The maximum Gasteiger partial charge on any atom is 0.306 e. The van der Waals surface area contributed by atoms with E-state index in [0.29, 0.717) is 25.0 Å². The van der Waals surface area contributed by atoms with Crippen molar-refractivity contribution in [3.05, 3.63) is 47.3 Å². The third-order valence-electron chi connectivity index (χ3n) is 5.26. The van der Waals surface area contributed by atoms with Crippen molar-refractivity contribution in [1.29, 1.82) is 0 Å². The van der Waals surface area contributed by atoms with Crippen LogP contribution >= 0.6 is 0 Å². The molecule has 1 amide bonds. The molecular formula is C19H21N3O3. The van der Waals surface area contributed by atoms with Crippen LogP contribution in [0.3, 0.4) is 0 Å². The summed E-state index contributed by atoms with van der Waals surface area (Å²) >= 11 is 0. The van der Waals surface area contributed by atoms with E-state index in [9.17, 15) is 9.59 Å². The number of aromatic nitrogens is 2. The largest absolute Gasteiger partial charge is 0.481 e. The van der Waals surface area contributed by atoms with E-state index in [4.69, 9.17) is 5.11 Å². The van der Waals surface area contributed by atoms with Gasteiger partial charge in [0.2, 0.25) is 0 Å². The fraction of sp³-hybridized carbons (Fsp3) is 0.421. The van der Waals surface area contributed by atoms with Gasteiger partial charge in [0.15, 0.2) is 5.69 Å². The van der Waals surface area contributed by atoms with Crippen molar-refractivity contribution in [1.82, 2.24) is 15.1 Å². The van der Waals surface area contributed by atoms with Crippen LogP contribution in [0, 0.1) is 5.92 Å². The molecule has 1 aromatic carbocycles. The standard InChI is InChI=1S/C19H21N3O3/c23-18(20-13-10-9-12(11-13)19(24)25)17-15-7-4-8-16(15)22(21-17)14-5-2-1-3-6-14/h1-3,5-6,12-13H,4,7-11H2,(H,20,23)(H,24,25)/t12-,13+/m0/s1. The number of amides is 1. The van der Waals surface area contributed by atoms with Crippen LogP contribution in [0.2, 0.25) is 0 Å². The molecule has 2 aliphatic carbocycles. The van der Waals surface area contributed by atoms with Crippen LogP contribution in [0.1, 0.15) is 47.4 Å². The minimum absolute atomic E-state index is 0.0764. The lowest BCUT2D eigenvalue weighted by Gasteiger charge is -2.11. The Morgan fingerprint density at radius 3 is 2.68 bits per heavy atom. The third kappa shape index (κ3) is 2.92. The second-order valence-electron chi connectivity index (χ2n) is 6.89. The number of carbonyl (C=O) groups excluding carboxylic acids is 1. The van der Waals surface area contributed by atoms with Crippen molar-refractivity contribution < 1.29 is 14.7 Å². The van der Waals surface area contributed by atoms with Gasteiger partial charge < -0.3 is 10.4 Å². The number of carbonyl (C=O) groups is 2. The van der Waals surface area contributed by atoms with E-state index < -0.39 is 5.97 Å². The van der Waals surface area contributed by atoms with E-state index in [1.54, 1.807) is 0 Å². The number of benzene rings is 1. The van der Waals surface area contributed by atoms with E-state index in [2.05, 4.69) is 10.4 Å². The van der Waals surface area contributed by atoms with Gasteiger partial charge in [0.25, 0.3) is 5.91 Å². The molecule has 1 fully saturated rings. The van der Waals surface area contributed by atoms with Gasteiger partial charge in [-0.25, -0.2) is 4.68 Å². The molecule has 1 aromatic heterocycles. The molecule has 1 saturated carbocycles. The Hall–Kier alpha value is -2.63. The smallest absolute Gasteiger partial charge is 0.306 e. The Labute approximate surface area is 145 Å². The molecule has 2 aliphatic rings. The molecule has 2 N–H and O–H groups in total. The second kappa shape index (κ2) is 6.35. The first-order chi connectivity index (χ1) is 12.1. The van der Waals surface area contributed by atoms with Crippen molar-refractivity contribution in [2.24, 2.45) is 5.92 Å². The average Bonchev–Trinajstić information content (AvgIpc) is 3.31. The molecule has 0 radical (unpaired) electrons. The number of hydrogen-bond donors (Lipinski definition) is 2. The number of carboxylic acids is 1. The number of nitrogens with one attached hydrogen (secondary N) is 1. The highest BCUT2D eigenvalue weighted by Gasteiger charge is 2.33. The zero-order chi connectivity index (χ0) is 17.4. The maximum absolute atomic E-state index is 12.7. The Kier molecular flexibility index (Phi) is 4.03. The van der Waals surface area contributed by atoms with Gasteiger partial charge in [-0.3, -0.25) is 9.59 Å². The summed E-state index contributed by atoms with van der Waals surface area (Å²) in [6.07, 6.45) is 4.66. The number of rotatable bonds is 4. The van der Waals surface area contributed by atoms with E-state index in [0.717, 1.165) is 36.2 Å². The van der Waals surface area contributed by atoms with Crippen LogP contribution in [0.25, 0.3) is 5.69 Å². The van der Waals surface area contributed by atoms with E-state index in [-0.39, 0.29) is 17.9 Å². The first-order valence-electron chi connectivity index (χ1n) is 8.83. The Balaban J connectivity index is 1.57. The lowest BCUT2D eigenvalue weighted by Crippen LogP contribution is -2.34. The molecule has 0 bridgehead atoms. The highest BCUT2D eigenvalue weighted by atomic mass is 16.4. The monoisotopic (exact) mass is 339 g/mol. The molecule has 1 heterocycles.